The molecule has 0 bridgehead atoms. The monoisotopic (exact) mass is 201 g/mol. The van der Waals surface area contributed by atoms with Crippen LogP contribution in [0.4, 0.5) is 4.39 Å². The fourth-order valence-electron chi connectivity index (χ4n) is 1.13. The minimum absolute atomic E-state index is 0.250. The fourth-order valence-corrected chi connectivity index (χ4v) is 1.30. The van der Waals surface area contributed by atoms with Crippen LogP contribution in [0.25, 0.3) is 0 Å². The maximum Gasteiger partial charge on any atom is 0.127 e. The van der Waals surface area contributed by atoms with Crippen LogP contribution in [-0.2, 0) is 5.41 Å². The molecule has 0 radical (unpaired) electrons. The standard InChI is InChI=1S/C10H13ClFN/c1-10(2,6-13)8-5-7(11)3-4-9(8)12/h3-5H,6,13H2,1-2H3. The van der Waals surface area contributed by atoms with Gasteiger partial charge in [0.15, 0.2) is 0 Å². The Hall–Kier alpha value is -0.600. The fraction of sp³-hybridized carbons (Fsp3) is 0.400. The first kappa shape index (κ1) is 10.5. The van der Waals surface area contributed by atoms with Gasteiger partial charge < -0.3 is 5.73 Å². The van der Waals surface area contributed by atoms with E-state index in [4.69, 9.17) is 17.3 Å². The lowest BCUT2D eigenvalue weighted by atomic mass is 9.84. The molecule has 0 aliphatic carbocycles. The number of benzene rings is 1. The normalized spacial score (nSPS) is 11.8. The highest BCUT2D eigenvalue weighted by atomic mass is 35.5. The number of nitrogens with two attached hydrogens (primary N) is 1. The van der Waals surface area contributed by atoms with Gasteiger partial charge in [0.05, 0.1) is 0 Å². The highest BCUT2D eigenvalue weighted by molar-refractivity contribution is 6.30. The third-order valence-electron chi connectivity index (χ3n) is 2.17. The average molecular weight is 202 g/mol. The van der Waals surface area contributed by atoms with Crippen LogP contribution in [0.5, 0.6) is 0 Å². The molecule has 0 aromatic heterocycles. The van der Waals surface area contributed by atoms with Gasteiger partial charge in [0.25, 0.3) is 0 Å². The molecule has 0 unspecified atom stereocenters. The van der Waals surface area contributed by atoms with Crippen molar-refractivity contribution in [1.29, 1.82) is 0 Å². The summed E-state index contributed by atoms with van der Waals surface area (Å²) in [5.41, 5.74) is 5.75. The van der Waals surface area contributed by atoms with Gasteiger partial charge >= 0.3 is 0 Å². The van der Waals surface area contributed by atoms with Crippen molar-refractivity contribution in [3.05, 3.63) is 34.6 Å². The molecule has 13 heavy (non-hydrogen) atoms. The van der Waals surface area contributed by atoms with E-state index in [1.165, 1.54) is 12.1 Å². The molecule has 1 nitrogen and oxygen atoms in total. The predicted molar refractivity (Wildman–Crippen MR) is 53.5 cm³/mol. The van der Waals surface area contributed by atoms with Gasteiger partial charge in [-0.05, 0) is 23.8 Å². The SMILES string of the molecule is CC(C)(CN)c1cc(Cl)ccc1F. The van der Waals surface area contributed by atoms with Crippen molar-refractivity contribution in [2.75, 3.05) is 6.54 Å². The van der Waals surface area contributed by atoms with Crippen molar-refractivity contribution in [1.82, 2.24) is 0 Å². The molecule has 1 rings (SSSR count). The molecular formula is C10H13ClFN. The summed E-state index contributed by atoms with van der Waals surface area (Å²) in [6.07, 6.45) is 0. The summed E-state index contributed by atoms with van der Waals surface area (Å²) < 4.78 is 13.3. The van der Waals surface area contributed by atoms with Crippen molar-refractivity contribution in [3.8, 4) is 0 Å². The molecule has 2 N–H and O–H groups in total. The lowest BCUT2D eigenvalue weighted by Crippen LogP contribution is -2.29. The van der Waals surface area contributed by atoms with Crippen LogP contribution in [0, 0.1) is 5.82 Å². The van der Waals surface area contributed by atoms with Crippen LogP contribution in [0.1, 0.15) is 19.4 Å². The molecule has 72 valence electrons. The highest BCUT2D eigenvalue weighted by Gasteiger charge is 2.22. The van der Waals surface area contributed by atoms with Crippen molar-refractivity contribution in [2.45, 2.75) is 19.3 Å². The Morgan fingerprint density at radius 2 is 2.08 bits per heavy atom. The van der Waals surface area contributed by atoms with Crippen LogP contribution < -0.4 is 5.73 Å². The van der Waals surface area contributed by atoms with E-state index in [1.54, 1.807) is 6.07 Å². The van der Waals surface area contributed by atoms with Crippen LogP contribution in [0.2, 0.25) is 5.02 Å². The maximum absolute atomic E-state index is 13.3. The second-order valence-corrected chi connectivity index (χ2v) is 4.15. The minimum atomic E-state index is -0.366. The molecule has 0 spiro atoms. The Labute approximate surface area is 82.7 Å². The molecule has 0 fully saturated rings. The average Bonchev–Trinajstić information content (AvgIpc) is 2.09. The Balaban J connectivity index is 3.20. The second-order valence-electron chi connectivity index (χ2n) is 3.71. The summed E-state index contributed by atoms with van der Waals surface area (Å²) in [5, 5.41) is 0.540. The molecular weight excluding hydrogens is 189 g/mol. The lowest BCUT2D eigenvalue weighted by Gasteiger charge is -2.23. The Kier molecular flexibility index (Phi) is 2.94. The number of hydrogen-bond donors (Lipinski definition) is 1. The van der Waals surface area contributed by atoms with E-state index >= 15 is 0 Å². The summed E-state index contributed by atoms with van der Waals surface area (Å²) >= 11 is 5.77. The molecule has 0 atom stereocenters. The van der Waals surface area contributed by atoms with Crippen LogP contribution in [0.15, 0.2) is 18.2 Å². The largest absolute Gasteiger partial charge is 0.330 e. The van der Waals surface area contributed by atoms with E-state index in [0.717, 1.165) is 0 Å². The van der Waals surface area contributed by atoms with Gasteiger partial charge in [-0.25, -0.2) is 4.39 Å². The Morgan fingerprint density at radius 1 is 1.46 bits per heavy atom. The molecule has 0 aliphatic heterocycles. The summed E-state index contributed by atoms with van der Waals surface area (Å²) in [6, 6.07) is 4.53. The maximum atomic E-state index is 13.3. The van der Waals surface area contributed by atoms with Gasteiger partial charge in [-0.1, -0.05) is 25.4 Å². The molecule has 1 aromatic rings. The topological polar surface area (TPSA) is 26.0 Å². The number of rotatable bonds is 2. The molecule has 0 aliphatic rings. The van der Waals surface area contributed by atoms with Gasteiger partial charge in [-0.2, -0.15) is 0 Å². The zero-order valence-electron chi connectivity index (χ0n) is 7.77. The first-order chi connectivity index (χ1) is 5.97. The van der Waals surface area contributed by atoms with Gasteiger partial charge in [0, 0.05) is 17.0 Å². The molecule has 0 saturated carbocycles. The van der Waals surface area contributed by atoms with Crippen LogP contribution >= 0.6 is 11.6 Å². The quantitative estimate of drug-likeness (QED) is 0.783. The lowest BCUT2D eigenvalue weighted by molar-refractivity contribution is 0.493. The summed E-state index contributed by atoms with van der Waals surface area (Å²) in [7, 11) is 0. The van der Waals surface area contributed by atoms with Crippen LogP contribution in [0.3, 0.4) is 0 Å². The van der Waals surface area contributed by atoms with E-state index in [9.17, 15) is 4.39 Å². The Morgan fingerprint density at radius 3 is 2.62 bits per heavy atom. The predicted octanol–water partition coefficient (Wildman–Crippen LogP) is 2.72. The number of hydrogen-bond acceptors (Lipinski definition) is 1. The Bertz CT molecular complexity index is 310. The third-order valence-corrected chi connectivity index (χ3v) is 2.40. The minimum Gasteiger partial charge on any atom is -0.330 e. The van der Waals surface area contributed by atoms with Crippen molar-refractivity contribution in [3.63, 3.8) is 0 Å². The summed E-state index contributed by atoms with van der Waals surface area (Å²) in [6.45, 7) is 4.17. The van der Waals surface area contributed by atoms with Gasteiger partial charge in [-0.15, -0.1) is 0 Å². The first-order valence-electron chi connectivity index (χ1n) is 4.13. The van der Waals surface area contributed by atoms with Crippen molar-refractivity contribution < 1.29 is 4.39 Å². The van der Waals surface area contributed by atoms with E-state index in [1.807, 2.05) is 13.8 Å². The first-order valence-corrected chi connectivity index (χ1v) is 4.51. The van der Waals surface area contributed by atoms with Crippen LogP contribution in [-0.4, -0.2) is 6.54 Å². The van der Waals surface area contributed by atoms with Gasteiger partial charge in [0.2, 0.25) is 0 Å². The smallest absolute Gasteiger partial charge is 0.127 e. The summed E-state index contributed by atoms with van der Waals surface area (Å²) in [5.74, 6) is -0.250. The number of halogens is 2. The van der Waals surface area contributed by atoms with E-state index in [-0.39, 0.29) is 11.2 Å². The van der Waals surface area contributed by atoms with Gasteiger partial charge in [0.1, 0.15) is 5.82 Å². The summed E-state index contributed by atoms with van der Waals surface area (Å²) in [4.78, 5) is 0. The van der Waals surface area contributed by atoms with Crippen molar-refractivity contribution in [2.24, 2.45) is 5.73 Å². The van der Waals surface area contributed by atoms with Gasteiger partial charge in [-0.3, -0.25) is 0 Å². The van der Waals surface area contributed by atoms with E-state index in [2.05, 4.69) is 0 Å². The molecule has 0 saturated heterocycles. The zero-order chi connectivity index (χ0) is 10.1. The van der Waals surface area contributed by atoms with Crippen molar-refractivity contribution >= 4 is 11.6 Å². The van der Waals surface area contributed by atoms with E-state index in [0.29, 0.717) is 17.1 Å². The molecule has 3 heteroatoms. The molecule has 1 aromatic carbocycles. The third kappa shape index (κ3) is 2.20. The zero-order valence-corrected chi connectivity index (χ0v) is 8.53. The molecule has 0 heterocycles. The second kappa shape index (κ2) is 3.64. The van der Waals surface area contributed by atoms with E-state index < -0.39 is 0 Å². The molecule has 0 amide bonds. The highest BCUT2D eigenvalue weighted by Crippen LogP contribution is 2.27.